The Bertz CT molecular complexity index is 1240. The van der Waals surface area contributed by atoms with Gasteiger partial charge in [0.1, 0.15) is 22.8 Å². The molecule has 4 rings (SSSR count). The first-order chi connectivity index (χ1) is 16.4. The Morgan fingerprint density at radius 1 is 1.12 bits per heavy atom. The molecule has 180 valence electrons. The summed E-state index contributed by atoms with van der Waals surface area (Å²) in [5.74, 6) is 2.74. The zero-order chi connectivity index (χ0) is 24.4. The summed E-state index contributed by atoms with van der Waals surface area (Å²) in [6.07, 6.45) is 5.69. The van der Waals surface area contributed by atoms with Crippen molar-refractivity contribution in [2.75, 3.05) is 34.4 Å². The van der Waals surface area contributed by atoms with E-state index in [0.29, 0.717) is 11.7 Å². The Hall–Kier alpha value is -3.41. The Morgan fingerprint density at radius 2 is 1.91 bits per heavy atom. The predicted molar refractivity (Wildman–Crippen MR) is 135 cm³/mol. The first kappa shape index (κ1) is 23.7. The number of rotatable bonds is 6. The number of carbonyl (C=O) groups is 1. The molecule has 6 heteroatoms. The van der Waals surface area contributed by atoms with Crippen LogP contribution < -0.4 is 14.2 Å². The monoisotopic (exact) mass is 463 g/mol. The van der Waals surface area contributed by atoms with E-state index in [0.717, 1.165) is 69.8 Å². The number of amides is 1. The molecule has 6 nitrogen and oxygen atoms in total. The van der Waals surface area contributed by atoms with Gasteiger partial charge in [-0.1, -0.05) is 6.92 Å². The largest absolute Gasteiger partial charge is 0.497 e. The first-order valence-corrected chi connectivity index (χ1v) is 11.7. The van der Waals surface area contributed by atoms with Crippen molar-refractivity contribution in [2.45, 2.75) is 33.6 Å². The van der Waals surface area contributed by atoms with Crippen LogP contribution in [-0.4, -0.2) is 45.2 Å². The van der Waals surface area contributed by atoms with Gasteiger partial charge in [-0.05, 0) is 62.4 Å². The molecule has 2 aromatic carbocycles. The van der Waals surface area contributed by atoms with Gasteiger partial charge in [0.2, 0.25) is 5.91 Å². The van der Waals surface area contributed by atoms with Crippen LogP contribution >= 0.6 is 0 Å². The van der Waals surface area contributed by atoms with E-state index >= 15 is 0 Å². The Kier molecular flexibility index (Phi) is 6.87. The number of fused-ring (bicyclic) bond motifs is 1. The van der Waals surface area contributed by atoms with Crippen LogP contribution in [0, 0.1) is 12.8 Å². The van der Waals surface area contributed by atoms with E-state index in [-0.39, 0.29) is 5.91 Å². The predicted octanol–water partition coefficient (Wildman–Crippen LogP) is 6.10. The van der Waals surface area contributed by atoms with E-state index in [1.807, 2.05) is 43.0 Å². The highest BCUT2D eigenvalue weighted by molar-refractivity contribution is 6.02. The molecule has 1 saturated heterocycles. The van der Waals surface area contributed by atoms with Gasteiger partial charge < -0.3 is 23.5 Å². The quantitative estimate of drug-likeness (QED) is 0.414. The maximum atomic E-state index is 13.0. The molecule has 2 heterocycles. The van der Waals surface area contributed by atoms with Crippen molar-refractivity contribution in [3.8, 4) is 28.4 Å². The number of hydrogen-bond acceptors (Lipinski definition) is 5. The van der Waals surface area contributed by atoms with Gasteiger partial charge in [0.25, 0.3) is 0 Å². The van der Waals surface area contributed by atoms with E-state index in [2.05, 4.69) is 6.92 Å². The normalized spacial score (nSPS) is 16.6. The molecule has 0 saturated carbocycles. The number of aryl methyl sites for hydroxylation is 1. The van der Waals surface area contributed by atoms with Crippen molar-refractivity contribution < 1.29 is 23.4 Å². The molecule has 0 bridgehead atoms. The van der Waals surface area contributed by atoms with Gasteiger partial charge in [0.15, 0.2) is 0 Å². The third-order valence-corrected chi connectivity index (χ3v) is 6.68. The van der Waals surface area contributed by atoms with Crippen LogP contribution in [0.25, 0.3) is 27.7 Å². The lowest BCUT2D eigenvalue weighted by atomic mass is 9.95. The zero-order valence-electron chi connectivity index (χ0n) is 20.9. The number of hydrogen-bond donors (Lipinski definition) is 0. The summed E-state index contributed by atoms with van der Waals surface area (Å²) in [5, 5.41) is 0.923. The van der Waals surface area contributed by atoms with E-state index < -0.39 is 0 Å². The van der Waals surface area contributed by atoms with Crippen LogP contribution in [0.4, 0.5) is 0 Å². The minimum absolute atomic E-state index is 0.0470. The van der Waals surface area contributed by atoms with Gasteiger partial charge in [-0.2, -0.15) is 0 Å². The lowest BCUT2D eigenvalue weighted by molar-refractivity contribution is -0.127. The van der Waals surface area contributed by atoms with Gasteiger partial charge in [-0.3, -0.25) is 4.79 Å². The number of methoxy groups -OCH3 is 3. The van der Waals surface area contributed by atoms with Crippen LogP contribution in [0.3, 0.4) is 0 Å². The molecule has 3 aromatic rings. The molecule has 1 unspecified atom stereocenters. The second-order valence-corrected chi connectivity index (χ2v) is 9.03. The Morgan fingerprint density at radius 3 is 2.59 bits per heavy atom. The Balaban J connectivity index is 1.83. The summed E-state index contributed by atoms with van der Waals surface area (Å²) in [6, 6.07) is 7.72. The number of furan rings is 1. The highest BCUT2D eigenvalue weighted by atomic mass is 16.5. The van der Waals surface area contributed by atoms with Gasteiger partial charge in [0, 0.05) is 46.8 Å². The van der Waals surface area contributed by atoms with Crippen molar-refractivity contribution >= 4 is 22.4 Å². The number of likely N-dealkylation sites (tertiary alicyclic amines) is 1. The molecule has 0 spiro atoms. The Labute approximate surface area is 201 Å². The number of piperidine rings is 1. The van der Waals surface area contributed by atoms with Crippen molar-refractivity contribution in [3.05, 3.63) is 47.7 Å². The molecule has 1 aliphatic heterocycles. The second-order valence-electron chi connectivity index (χ2n) is 9.03. The van der Waals surface area contributed by atoms with Crippen LogP contribution in [-0.2, 0) is 4.79 Å². The van der Waals surface area contributed by atoms with Gasteiger partial charge in [-0.25, -0.2) is 0 Å². The van der Waals surface area contributed by atoms with Crippen molar-refractivity contribution in [1.29, 1.82) is 0 Å². The molecule has 34 heavy (non-hydrogen) atoms. The fraction of sp³-hybridized carbons (Fsp3) is 0.393. The molecule has 1 aromatic heterocycles. The topological polar surface area (TPSA) is 61.1 Å². The molecular formula is C28H33NO5. The smallest absolute Gasteiger partial charge is 0.246 e. The summed E-state index contributed by atoms with van der Waals surface area (Å²) >= 11 is 0. The fourth-order valence-electron chi connectivity index (χ4n) is 4.85. The van der Waals surface area contributed by atoms with Crippen LogP contribution in [0.1, 0.15) is 37.8 Å². The standard InChI is InChI=1S/C28H33NO5/c1-17-8-7-11-29(15-17)26(30)12-18(2)21-14-23-24(16-34-28(23)19(3)27(21)33-6)22-13-20(31-4)9-10-25(22)32-5/h9-10,12-14,16-17H,7-8,11,15H2,1-6H3/b18-12+. The fourth-order valence-corrected chi connectivity index (χ4v) is 4.85. The van der Waals surface area contributed by atoms with E-state index in [1.54, 1.807) is 33.7 Å². The van der Waals surface area contributed by atoms with Gasteiger partial charge >= 0.3 is 0 Å². The van der Waals surface area contributed by atoms with E-state index in [9.17, 15) is 4.79 Å². The minimum atomic E-state index is 0.0470. The number of allylic oxidation sites excluding steroid dienone is 1. The summed E-state index contributed by atoms with van der Waals surface area (Å²) in [4.78, 5) is 15.0. The van der Waals surface area contributed by atoms with Crippen LogP contribution in [0.2, 0.25) is 0 Å². The maximum Gasteiger partial charge on any atom is 0.246 e. The third kappa shape index (κ3) is 4.37. The number of benzene rings is 2. The minimum Gasteiger partial charge on any atom is -0.497 e. The van der Waals surface area contributed by atoms with Crippen LogP contribution in [0.15, 0.2) is 41.0 Å². The molecular weight excluding hydrogens is 430 g/mol. The summed E-state index contributed by atoms with van der Waals surface area (Å²) in [5.41, 5.74) is 5.11. The van der Waals surface area contributed by atoms with Crippen molar-refractivity contribution in [1.82, 2.24) is 4.90 Å². The molecule has 1 aliphatic rings. The lowest BCUT2D eigenvalue weighted by Gasteiger charge is -2.30. The van der Waals surface area contributed by atoms with Gasteiger partial charge in [-0.15, -0.1) is 0 Å². The van der Waals surface area contributed by atoms with Crippen LogP contribution in [0.5, 0.6) is 17.2 Å². The molecule has 0 N–H and O–H groups in total. The maximum absolute atomic E-state index is 13.0. The number of nitrogens with zero attached hydrogens (tertiary/aromatic N) is 1. The molecule has 1 atom stereocenters. The third-order valence-electron chi connectivity index (χ3n) is 6.68. The number of carbonyl (C=O) groups excluding carboxylic acids is 1. The second kappa shape index (κ2) is 9.84. The summed E-state index contributed by atoms with van der Waals surface area (Å²) < 4.78 is 22.8. The molecule has 1 fully saturated rings. The van der Waals surface area contributed by atoms with Crippen molar-refractivity contribution in [3.63, 3.8) is 0 Å². The summed E-state index contributed by atoms with van der Waals surface area (Å²) in [6.45, 7) is 7.75. The highest BCUT2D eigenvalue weighted by Crippen LogP contribution is 2.43. The average molecular weight is 464 g/mol. The highest BCUT2D eigenvalue weighted by Gasteiger charge is 2.23. The zero-order valence-corrected chi connectivity index (χ0v) is 20.9. The van der Waals surface area contributed by atoms with Crippen molar-refractivity contribution in [2.24, 2.45) is 5.92 Å². The SMILES string of the molecule is COc1ccc(OC)c(-c2coc3c(C)c(OC)c(/C(C)=C/C(=O)N4CCCC(C)C4)cc23)c1. The number of ether oxygens (including phenoxy) is 3. The van der Waals surface area contributed by atoms with E-state index in [1.165, 1.54) is 6.42 Å². The molecule has 0 aliphatic carbocycles. The first-order valence-electron chi connectivity index (χ1n) is 11.7. The summed E-state index contributed by atoms with van der Waals surface area (Å²) in [7, 11) is 4.93. The molecule has 0 radical (unpaired) electrons. The van der Waals surface area contributed by atoms with E-state index in [4.69, 9.17) is 18.6 Å². The average Bonchev–Trinajstić information content (AvgIpc) is 3.27. The van der Waals surface area contributed by atoms with Gasteiger partial charge in [0.05, 0.1) is 27.6 Å². The molecule has 1 amide bonds. The lowest BCUT2D eigenvalue weighted by Crippen LogP contribution is -2.38.